The van der Waals surface area contributed by atoms with E-state index in [0.29, 0.717) is 0 Å². The Kier molecular flexibility index (Phi) is 2.94. The average molecular weight is 222 g/mol. The van der Waals surface area contributed by atoms with E-state index in [9.17, 15) is 0 Å². The van der Waals surface area contributed by atoms with Crippen LogP contribution < -0.4 is 0 Å². The van der Waals surface area contributed by atoms with Crippen molar-refractivity contribution in [3.63, 3.8) is 0 Å². The summed E-state index contributed by atoms with van der Waals surface area (Å²) in [4.78, 5) is 0. The third kappa shape index (κ3) is 1.91. The number of rotatable bonds is 2. The molecule has 0 aliphatic heterocycles. The Morgan fingerprint density at radius 3 is 2.65 bits per heavy atom. The maximum atomic E-state index is 8.79. The summed E-state index contributed by atoms with van der Waals surface area (Å²) in [5, 5.41) is 18.5. The number of hydrogen-bond donors (Lipinski definition) is 0. The first-order chi connectivity index (χ1) is 8.30. The summed E-state index contributed by atoms with van der Waals surface area (Å²) < 4.78 is 5.67. The van der Waals surface area contributed by atoms with E-state index in [-0.39, 0.29) is 5.57 Å². The minimum Gasteiger partial charge on any atom is -0.460 e. The first-order valence-electron chi connectivity index (χ1n) is 5.32. The maximum Gasteiger partial charge on any atom is 0.134 e. The van der Waals surface area contributed by atoms with Gasteiger partial charge in [0.1, 0.15) is 29.1 Å². The molecule has 2 rings (SSSR count). The van der Waals surface area contributed by atoms with Crippen molar-refractivity contribution < 1.29 is 4.42 Å². The van der Waals surface area contributed by atoms with Crippen LogP contribution >= 0.6 is 0 Å². The molecule has 82 valence electrons. The number of nitriles is 2. The third-order valence-electron chi connectivity index (χ3n) is 2.56. The first-order valence-corrected chi connectivity index (χ1v) is 5.32. The van der Waals surface area contributed by atoms with Gasteiger partial charge in [-0.3, -0.25) is 0 Å². The lowest BCUT2D eigenvalue weighted by Gasteiger charge is -1.92. The number of aryl methyl sites for hydroxylation is 1. The van der Waals surface area contributed by atoms with Crippen molar-refractivity contribution >= 4 is 17.0 Å². The van der Waals surface area contributed by atoms with E-state index in [4.69, 9.17) is 14.9 Å². The predicted octanol–water partition coefficient (Wildman–Crippen LogP) is 3.43. The first kappa shape index (κ1) is 11.0. The van der Waals surface area contributed by atoms with Crippen LogP contribution in [0.2, 0.25) is 0 Å². The van der Waals surface area contributed by atoms with Crippen molar-refractivity contribution in [2.45, 2.75) is 13.3 Å². The Morgan fingerprint density at radius 1 is 1.29 bits per heavy atom. The molecule has 0 saturated carbocycles. The minimum absolute atomic E-state index is 0.0891. The third-order valence-corrected chi connectivity index (χ3v) is 2.56. The second kappa shape index (κ2) is 4.55. The molecular formula is C14H10N2O. The number of fused-ring (bicyclic) bond motifs is 1. The van der Waals surface area contributed by atoms with Gasteiger partial charge in [-0.25, -0.2) is 0 Å². The highest BCUT2D eigenvalue weighted by Crippen LogP contribution is 2.28. The van der Waals surface area contributed by atoms with Crippen molar-refractivity contribution in [2.24, 2.45) is 0 Å². The fraction of sp³-hybridized carbons (Fsp3) is 0.143. The quantitative estimate of drug-likeness (QED) is 0.731. The Bertz CT molecular complexity index is 650. The fourth-order valence-electron chi connectivity index (χ4n) is 1.77. The van der Waals surface area contributed by atoms with E-state index in [1.807, 2.05) is 43.3 Å². The van der Waals surface area contributed by atoms with Crippen LogP contribution in [-0.4, -0.2) is 0 Å². The van der Waals surface area contributed by atoms with Gasteiger partial charge in [0.05, 0.1) is 0 Å². The Hall–Kier alpha value is -2.52. The normalized spacial score (nSPS) is 9.59. The zero-order valence-electron chi connectivity index (χ0n) is 9.40. The molecular weight excluding hydrogens is 212 g/mol. The Balaban J connectivity index is 2.72. The lowest BCUT2D eigenvalue weighted by molar-refractivity contribution is 0.556. The molecule has 3 nitrogen and oxygen atoms in total. The maximum absolute atomic E-state index is 8.79. The van der Waals surface area contributed by atoms with E-state index in [0.717, 1.165) is 28.7 Å². The molecule has 0 amide bonds. The molecule has 0 spiro atoms. The molecule has 2 aromatic rings. The highest BCUT2D eigenvalue weighted by atomic mass is 16.3. The smallest absolute Gasteiger partial charge is 0.134 e. The summed E-state index contributed by atoms with van der Waals surface area (Å²) >= 11 is 0. The van der Waals surface area contributed by atoms with Gasteiger partial charge in [-0.2, -0.15) is 10.5 Å². The lowest BCUT2D eigenvalue weighted by atomic mass is 10.1. The fourth-order valence-corrected chi connectivity index (χ4v) is 1.77. The number of furan rings is 1. The molecule has 0 N–H and O–H groups in total. The second-order valence-electron chi connectivity index (χ2n) is 3.57. The number of benzene rings is 1. The highest BCUT2D eigenvalue weighted by Gasteiger charge is 2.11. The van der Waals surface area contributed by atoms with Gasteiger partial charge >= 0.3 is 0 Å². The van der Waals surface area contributed by atoms with Gasteiger partial charge in [-0.15, -0.1) is 0 Å². The molecule has 0 saturated heterocycles. The van der Waals surface area contributed by atoms with E-state index in [1.54, 1.807) is 6.08 Å². The van der Waals surface area contributed by atoms with Gasteiger partial charge in [-0.05, 0) is 12.1 Å². The van der Waals surface area contributed by atoms with Gasteiger partial charge in [0.2, 0.25) is 0 Å². The molecule has 0 radical (unpaired) electrons. The van der Waals surface area contributed by atoms with E-state index in [2.05, 4.69) is 0 Å². The van der Waals surface area contributed by atoms with Crippen LogP contribution in [0.5, 0.6) is 0 Å². The molecule has 0 fully saturated rings. The van der Waals surface area contributed by atoms with Gasteiger partial charge in [0.25, 0.3) is 0 Å². The SMILES string of the molecule is CCc1oc2ccccc2c1C=C(C#N)C#N. The molecule has 0 atom stereocenters. The molecule has 1 heterocycles. The zero-order valence-corrected chi connectivity index (χ0v) is 9.40. The summed E-state index contributed by atoms with van der Waals surface area (Å²) in [6.45, 7) is 1.98. The van der Waals surface area contributed by atoms with Gasteiger partial charge in [-0.1, -0.05) is 25.1 Å². The van der Waals surface area contributed by atoms with Crippen molar-refractivity contribution in [1.82, 2.24) is 0 Å². The summed E-state index contributed by atoms with van der Waals surface area (Å²) in [5.41, 5.74) is 1.71. The van der Waals surface area contributed by atoms with Crippen molar-refractivity contribution in [1.29, 1.82) is 10.5 Å². The largest absolute Gasteiger partial charge is 0.460 e. The Labute approximate surface area is 99.2 Å². The molecule has 0 aliphatic rings. The topological polar surface area (TPSA) is 60.7 Å². The number of nitrogens with zero attached hydrogens (tertiary/aromatic N) is 2. The molecule has 0 unspecified atom stereocenters. The molecule has 0 aliphatic carbocycles. The summed E-state index contributed by atoms with van der Waals surface area (Å²) in [6.07, 6.45) is 2.31. The van der Waals surface area contributed by atoms with Crippen molar-refractivity contribution in [3.8, 4) is 12.1 Å². The van der Waals surface area contributed by atoms with E-state index in [1.165, 1.54) is 0 Å². The number of allylic oxidation sites excluding steroid dienone is 1. The van der Waals surface area contributed by atoms with Crippen LogP contribution in [0, 0.1) is 22.7 Å². The van der Waals surface area contributed by atoms with Crippen LogP contribution in [0.1, 0.15) is 18.2 Å². The second-order valence-corrected chi connectivity index (χ2v) is 3.57. The Morgan fingerprint density at radius 2 is 2.00 bits per heavy atom. The zero-order chi connectivity index (χ0) is 12.3. The molecule has 3 heteroatoms. The summed E-state index contributed by atoms with van der Waals surface area (Å²) in [7, 11) is 0. The van der Waals surface area contributed by atoms with Gasteiger partial charge < -0.3 is 4.42 Å². The van der Waals surface area contributed by atoms with Crippen LogP contribution in [0.25, 0.3) is 17.0 Å². The van der Waals surface area contributed by atoms with Crippen LogP contribution in [0.4, 0.5) is 0 Å². The average Bonchev–Trinajstić information content (AvgIpc) is 2.73. The van der Waals surface area contributed by atoms with Crippen molar-refractivity contribution in [3.05, 3.63) is 41.2 Å². The highest BCUT2D eigenvalue weighted by molar-refractivity contribution is 5.89. The monoisotopic (exact) mass is 222 g/mol. The summed E-state index contributed by atoms with van der Waals surface area (Å²) in [5.74, 6) is 0.800. The molecule has 0 bridgehead atoms. The standard InChI is InChI=1S/C14H10N2O/c1-2-13-12(7-10(8-15)9-16)11-5-3-4-6-14(11)17-13/h3-7H,2H2,1H3. The minimum atomic E-state index is 0.0891. The van der Waals surface area contributed by atoms with Gasteiger partial charge in [0, 0.05) is 17.4 Å². The van der Waals surface area contributed by atoms with Gasteiger partial charge in [0.15, 0.2) is 0 Å². The van der Waals surface area contributed by atoms with Crippen LogP contribution in [-0.2, 0) is 6.42 Å². The number of hydrogen-bond acceptors (Lipinski definition) is 3. The van der Waals surface area contributed by atoms with E-state index >= 15 is 0 Å². The van der Waals surface area contributed by atoms with Crippen LogP contribution in [0.15, 0.2) is 34.3 Å². The summed E-state index contributed by atoms with van der Waals surface area (Å²) in [6, 6.07) is 11.3. The van der Waals surface area contributed by atoms with Crippen LogP contribution in [0.3, 0.4) is 0 Å². The lowest BCUT2D eigenvalue weighted by Crippen LogP contribution is -1.81. The van der Waals surface area contributed by atoms with Crippen molar-refractivity contribution in [2.75, 3.05) is 0 Å². The molecule has 17 heavy (non-hydrogen) atoms. The number of para-hydroxylation sites is 1. The molecule has 1 aromatic carbocycles. The molecule has 1 aromatic heterocycles. The predicted molar refractivity (Wildman–Crippen MR) is 64.8 cm³/mol. The van der Waals surface area contributed by atoms with E-state index < -0.39 is 0 Å².